The molecule has 0 radical (unpaired) electrons. The third kappa shape index (κ3) is 6.61. The molecule has 10 heteroatoms. The number of carbonyl (C=O) groups excluding carboxylic acids is 3. The van der Waals surface area contributed by atoms with Crippen molar-refractivity contribution < 1.29 is 27.5 Å². The Bertz CT molecular complexity index is 801. The minimum atomic E-state index is -3.47. The summed E-state index contributed by atoms with van der Waals surface area (Å²) in [6.07, 6.45) is 3.21. The lowest BCUT2D eigenvalue weighted by Gasteiger charge is -2.25. The summed E-state index contributed by atoms with van der Waals surface area (Å²) < 4.78 is 31.5. The van der Waals surface area contributed by atoms with Gasteiger partial charge in [0, 0.05) is 26.4 Å². The normalized spacial score (nSPS) is 14.9. The minimum absolute atomic E-state index is 0.0473. The molecule has 0 saturated carbocycles. The zero-order valence-corrected chi connectivity index (χ0v) is 16.6. The van der Waals surface area contributed by atoms with E-state index in [9.17, 15) is 22.8 Å². The number of rotatable bonds is 7. The van der Waals surface area contributed by atoms with Crippen molar-refractivity contribution in [3.8, 4) is 0 Å². The molecule has 0 spiro atoms. The van der Waals surface area contributed by atoms with Crippen LogP contribution in [-0.2, 0) is 35.6 Å². The second-order valence-electron chi connectivity index (χ2n) is 6.50. The van der Waals surface area contributed by atoms with Crippen LogP contribution in [0.3, 0.4) is 0 Å². The van der Waals surface area contributed by atoms with E-state index in [4.69, 9.17) is 4.74 Å². The van der Waals surface area contributed by atoms with E-state index >= 15 is 0 Å². The molecule has 0 atom stereocenters. The summed E-state index contributed by atoms with van der Waals surface area (Å²) in [7, 11) is -3.47. The maximum absolute atomic E-state index is 12.6. The van der Waals surface area contributed by atoms with Crippen molar-refractivity contribution in [2.45, 2.75) is 43.9 Å². The lowest BCUT2D eigenvalue weighted by Crippen LogP contribution is -2.42. The molecule has 2 amide bonds. The van der Waals surface area contributed by atoms with Gasteiger partial charge in [0.2, 0.25) is 15.9 Å². The molecule has 1 aromatic rings. The van der Waals surface area contributed by atoms with Gasteiger partial charge in [0.25, 0.3) is 5.91 Å². The molecule has 28 heavy (non-hydrogen) atoms. The number of hydrogen-bond acceptors (Lipinski definition) is 6. The van der Waals surface area contributed by atoms with Gasteiger partial charge < -0.3 is 4.74 Å². The smallest absolute Gasteiger partial charge is 0.306 e. The first-order chi connectivity index (χ1) is 13.3. The molecule has 154 valence electrons. The molecule has 1 saturated heterocycles. The van der Waals surface area contributed by atoms with Crippen LogP contribution in [0.4, 0.5) is 0 Å². The van der Waals surface area contributed by atoms with E-state index in [1.165, 1.54) is 11.2 Å². The van der Waals surface area contributed by atoms with Crippen molar-refractivity contribution in [2.24, 2.45) is 0 Å². The van der Waals surface area contributed by atoms with Crippen LogP contribution in [0.5, 0.6) is 0 Å². The average Bonchev–Trinajstić information content (AvgIpc) is 2.70. The Hall–Kier alpha value is -2.46. The number of amides is 2. The lowest BCUT2D eigenvalue weighted by atomic mass is 10.1. The van der Waals surface area contributed by atoms with Crippen LogP contribution in [0.15, 0.2) is 29.2 Å². The first kappa shape index (κ1) is 21.8. The molecule has 0 bridgehead atoms. The lowest BCUT2D eigenvalue weighted by molar-refractivity contribution is -0.148. The Balaban J connectivity index is 1.80. The van der Waals surface area contributed by atoms with Crippen molar-refractivity contribution in [2.75, 3.05) is 19.7 Å². The monoisotopic (exact) mass is 411 g/mol. The zero-order chi connectivity index (χ0) is 20.6. The van der Waals surface area contributed by atoms with E-state index in [0.717, 1.165) is 24.8 Å². The van der Waals surface area contributed by atoms with E-state index in [-0.39, 0.29) is 11.3 Å². The van der Waals surface area contributed by atoms with Crippen molar-refractivity contribution >= 4 is 27.8 Å². The summed E-state index contributed by atoms with van der Waals surface area (Å²) in [5.41, 5.74) is 4.96. The fourth-order valence-corrected chi connectivity index (χ4v) is 4.26. The number of hydrazine groups is 1. The van der Waals surface area contributed by atoms with Gasteiger partial charge in [-0.3, -0.25) is 25.2 Å². The third-order valence-electron chi connectivity index (χ3n) is 4.24. The molecule has 1 heterocycles. The van der Waals surface area contributed by atoms with Crippen molar-refractivity contribution in [3.05, 3.63) is 29.8 Å². The Labute approximate surface area is 164 Å². The number of piperidine rings is 1. The number of hydrogen-bond donors (Lipinski definition) is 2. The first-order valence-electron chi connectivity index (χ1n) is 9.09. The minimum Gasteiger partial charge on any atom is -0.455 e. The number of sulfonamides is 1. The number of carbonyl (C=O) groups is 3. The number of aryl methyl sites for hydroxylation is 1. The van der Waals surface area contributed by atoms with Crippen LogP contribution in [-0.4, -0.2) is 50.2 Å². The van der Waals surface area contributed by atoms with E-state index in [1.54, 1.807) is 24.3 Å². The van der Waals surface area contributed by atoms with Gasteiger partial charge in [0.05, 0.1) is 4.90 Å². The maximum Gasteiger partial charge on any atom is 0.306 e. The highest BCUT2D eigenvalue weighted by Crippen LogP contribution is 2.21. The summed E-state index contributed by atoms with van der Waals surface area (Å²) in [5.74, 6) is -1.65. The van der Waals surface area contributed by atoms with E-state index in [0.29, 0.717) is 19.5 Å². The second-order valence-corrected chi connectivity index (χ2v) is 8.44. The number of nitrogens with zero attached hydrogens (tertiary/aromatic N) is 1. The SMILES string of the molecule is CC(=O)NNC(=O)COC(=O)CCc1ccc(S(=O)(=O)N2CCCCC2)cc1. The van der Waals surface area contributed by atoms with Crippen LogP contribution < -0.4 is 10.9 Å². The highest BCUT2D eigenvalue weighted by atomic mass is 32.2. The quantitative estimate of drug-likeness (QED) is 0.498. The summed E-state index contributed by atoms with van der Waals surface area (Å²) in [5, 5.41) is 0. The molecule has 2 N–H and O–H groups in total. The van der Waals surface area contributed by atoms with Gasteiger partial charge in [0.1, 0.15) is 0 Å². The van der Waals surface area contributed by atoms with Crippen molar-refractivity contribution in [3.63, 3.8) is 0 Å². The van der Waals surface area contributed by atoms with Gasteiger partial charge in [-0.2, -0.15) is 4.31 Å². The Kier molecular flexibility index (Phi) is 7.94. The van der Waals surface area contributed by atoms with Crippen LogP contribution in [0.25, 0.3) is 0 Å². The number of ether oxygens (including phenoxy) is 1. The predicted octanol–water partition coefficient (Wildman–Crippen LogP) is 0.504. The molecule has 2 rings (SSSR count). The van der Waals surface area contributed by atoms with Gasteiger partial charge in [-0.05, 0) is 37.0 Å². The molecular formula is C18H25N3O6S. The van der Waals surface area contributed by atoms with Crippen LogP contribution in [0.2, 0.25) is 0 Å². The Morgan fingerprint density at radius 2 is 1.68 bits per heavy atom. The van der Waals surface area contributed by atoms with Crippen LogP contribution in [0, 0.1) is 0 Å². The fraction of sp³-hybridized carbons (Fsp3) is 0.500. The highest BCUT2D eigenvalue weighted by Gasteiger charge is 2.25. The van der Waals surface area contributed by atoms with Crippen LogP contribution in [0.1, 0.15) is 38.2 Å². The molecule has 9 nitrogen and oxygen atoms in total. The van der Waals surface area contributed by atoms with Crippen molar-refractivity contribution in [1.82, 2.24) is 15.2 Å². The molecule has 0 aliphatic carbocycles. The van der Waals surface area contributed by atoms with Crippen molar-refractivity contribution in [1.29, 1.82) is 0 Å². The second kappa shape index (κ2) is 10.2. The molecule has 1 aliphatic rings. The zero-order valence-electron chi connectivity index (χ0n) is 15.8. The molecule has 1 aliphatic heterocycles. The largest absolute Gasteiger partial charge is 0.455 e. The molecule has 0 aromatic heterocycles. The summed E-state index contributed by atoms with van der Waals surface area (Å²) >= 11 is 0. The topological polar surface area (TPSA) is 122 Å². The van der Waals surface area contributed by atoms with E-state index in [2.05, 4.69) is 10.9 Å². The van der Waals surface area contributed by atoms with E-state index < -0.39 is 34.4 Å². The standard InChI is InChI=1S/C18H25N3O6S/c1-14(22)19-20-17(23)13-27-18(24)10-7-15-5-8-16(9-6-15)28(25,26)21-11-3-2-4-12-21/h5-6,8-9H,2-4,7,10-13H2,1H3,(H,19,22)(H,20,23). The number of nitrogens with one attached hydrogen (secondary N) is 2. The molecule has 0 unspecified atom stereocenters. The van der Waals surface area contributed by atoms with Crippen LogP contribution >= 0.6 is 0 Å². The maximum atomic E-state index is 12.6. The molecular weight excluding hydrogens is 386 g/mol. The van der Waals surface area contributed by atoms with E-state index in [1.807, 2.05) is 0 Å². The first-order valence-corrected chi connectivity index (χ1v) is 10.5. The predicted molar refractivity (Wildman–Crippen MR) is 100 cm³/mol. The summed E-state index contributed by atoms with van der Waals surface area (Å²) in [6.45, 7) is 1.83. The molecule has 1 aromatic carbocycles. The third-order valence-corrected chi connectivity index (χ3v) is 6.15. The molecule has 1 fully saturated rings. The van der Waals surface area contributed by atoms with Gasteiger partial charge in [0.15, 0.2) is 6.61 Å². The Morgan fingerprint density at radius 3 is 2.29 bits per heavy atom. The van der Waals surface area contributed by atoms with Gasteiger partial charge in [-0.15, -0.1) is 0 Å². The summed E-state index contributed by atoms with van der Waals surface area (Å²) in [4.78, 5) is 33.9. The van der Waals surface area contributed by atoms with Gasteiger partial charge >= 0.3 is 5.97 Å². The summed E-state index contributed by atoms with van der Waals surface area (Å²) in [6, 6.07) is 6.44. The van der Waals surface area contributed by atoms with Gasteiger partial charge in [-0.25, -0.2) is 8.42 Å². The number of esters is 1. The Morgan fingerprint density at radius 1 is 1.04 bits per heavy atom. The fourth-order valence-electron chi connectivity index (χ4n) is 2.74. The number of benzene rings is 1. The van der Waals surface area contributed by atoms with Gasteiger partial charge in [-0.1, -0.05) is 18.6 Å². The highest BCUT2D eigenvalue weighted by molar-refractivity contribution is 7.89. The average molecular weight is 411 g/mol.